The Kier molecular flexibility index (Phi) is 5.36. The van der Waals surface area contributed by atoms with Gasteiger partial charge in [0.25, 0.3) is 0 Å². The Morgan fingerprint density at radius 3 is 2.90 bits per heavy atom. The van der Waals surface area contributed by atoms with E-state index in [-0.39, 0.29) is 18.3 Å². The normalized spacial score (nSPS) is 10.9. The van der Waals surface area contributed by atoms with Crippen LogP contribution in [-0.4, -0.2) is 24.4 Å². The van der Waals surface area contributed by atoms with Crippen LogP contribution in [0.5, 0.6) is 0 Å². The molecule has 0 aliphatic heterocycles. The number of carbonyl (C=O) groups is 1. The summed E-state index contributed by atoms with van der Waals surface area (Å²) in [7, 11) is 1.80. The molecule has 1 heterocycles. The molecule has 2 aromatic rings. The number of halogens is 2. The van der Waals surface area contributed by atoms with Gasteiger partial charge in [-0.15, -0.1) is 0 Å². The van der Waals surface area contributed by atoms with E-state index in [0.29, 0.717) is 23.9 Å². The number of hydrogen-bond donors (Lipinski definition) is 1. The molecule has 4 nitrogen and oxygen atoms in total. The van der Waals surface area contributed by atoms with Crippen molar-refractivity contribution in [2.24, 2.45) is 0 Å². The lowest BCUT2D eigenvalue weighted by molar-refractivity contribution is -0.122. The highest BCUT2D eigenvalue weighted by Crippen LogP contribution is 2.18. The monoisotopic (exact) mass is 310 g/mol. The molecule has 0 aliphatic carbocycles. The van der Waals surface area contributed by atoms with Crippen molar-refractivity contribution >= 4 is 17.5 Å². The summed E-state index contributed by atoms with van der Waals surface area (Å²) in [6, 6.07) is 7.80. The summed E-state index contributed by atoms with van der Waals surface area (Å²) in [5, 5.41) is 3.12. The summed E-state index contributed by atoms with van der Waals surface area (Å²) in [4.78, 5) is 13.6. The fraction of sp³-hybridized carbons (Fsp3) is 0.267. The molecular formula is C15H16ClFN2O2. The minimum atomic E-state index is -0.373. The van der Waals surface area contributed by atoms with Gasteiger partial charge in [0.05, 0.1) is 19.4 Å². The Labute approximate surface area is 127 Å². The van der Waals surface area contributed by atoms with Gasteiger partial charge in [-0.2, -0.15) is 0 Å². The average Bonchev–Trinajstić information content (AvgIpc) is 2.93. The maximum Gasteiger partial charge on any atom is 0.234 e. The van der Waals surface area contributed by atoms with Gasteiger partial charge in [0, 0.05) is 11.6 Å². The first-order chi connectivity index (χ1) is 10.0. The van der Waals surface area contributed by atoms with E-state index in [0.717, 1.165) is 5.56 Å². The number of carbonyl (C=O) groups excluding carboxylic acids is 1. The number of benzene rings is 1. The Balaban J connectivity index is 1.80. The van der Waals surface area contributed by atoms with Crippen molar-refractivity contribution in [2.45, 2.75) is 13.1 Å². The van der Waals surface area contributed by atoms with Gasteiger partial charge < -0.3 is 9.73 Å². The van der Waals surface area contributed by atoms with Gasteiger partial charge in [-0.05, 0) is 36.9 Å². The SMILES string of the molecule is CN(CC(=O)NCc1ccco1)Cc1ccc(F)cc1Cl. The zero-order chi connectivity index (χ0) is 15.2. The molecule has 0 unspecified atom stereocenters. The number of furan rings is 1. The van der Waals surface area contributed by atoms with Crippen molar-refractivity contribution in [1.29, 1.82) is 0 Å². The zero-order valence-corrected chi connectivity index (χ0v) is 12.4. The average molecular weight is 311 g/mol. The lowest BCUT2D eigenvalue weighted by Gasteiger charge is -2.17. The number of amides is 1. The number of likely N-dealkylation sites (N-methyl/N-ethyl adjacent to an activating group) is 1. The predicted octanol–water partition coefficient (Wildman–Crippen LogP) is 2.82. The van der Waals surface area contributed by atoms with Gasteiger partial charge >= 0.3 is 0 Å². The number of hydrogen-bond acceptors (Lipinski definition) is 3. The van der Waals surface area contributed by atoms with E-state index in [2.05, 4.69) is 5.32 Å². The molecule has 0 saturated carbocycles. The van der Waals surface area contributed by atoms with Crippen LogP contribution in [0.4, 0.5) is 4.39 Å². The van der Waals surface area contributed by atoms with E-state index >= 15 is 0 Å². The second kappa shape index (κ2) is 7.24. The van der Waals surface area contributed by atoms with Crippen molar-refractivity contribution in [2.75, 3.05) is 13.6 Å². The topological polar surface area (TPSA) is 45.5 Å². The molecule has 1 amide bonds. The lowest BCUT2D eigenvalue weighted by atomic mass is 10.2. The fourth-order valence-corrected chi connectivity index (χ4v) is 2.12. The highest BCUT2D eigenvalue weighted by molar-refractivity contribution is 6.31. The van der Waals surface area contributed by atoms with E-state index in [1.54, 1.807) is 36.4 Å². The fourth-order valence-electron chi connectivity index (χ4n) is 1.90. The third-order valence-electron chi connectivity index (χ3n) is 2.91. The molecule has 0 bridgehead atoms. The molecule has 0 radical (unpaired) electrons. The summed E-state index contributed by atoms with van der Waals surface area (Å²) in [6.07, 6.45) is 1.56. The van der Waals surface area contributed by atoms with E-state index in [1.165, 1.54) is 12.1 Å². The number of rotatable bonds is 6. The highest BCUT2D eigenvalue weighted by Gasteiger charge is 2.10. The number of nitrogens with zero attached hydrogens (tertiary/aromatic N) is 1. The lowest BCUT2D eigenvalue weighted by Crippen LogP contribution is -2.34. The van der Waals surface area contributed by atoms with Crippen LogP contribution in [0.25, 0.3) is 0 Å². The Hall–Kier alpha value is -1.85. The van der Waals surface area contributed by atoms with Crippen LogP contribution >= 0.6 is 11.6 Å². The molecule has 2 rings (SSSR count). The van der Waals surface area contributed by atoms with E-state index in [1.807, 2.05) is 0 Å². The van der Waals surface area contributed by atoms with Crippen molar-refractivity contribution in [3.63, 3.8) is 0 Å². The molecule has 21 heavy (non-hydrogen) atoms. The van der Waals surface area contributed by atoms with Gasteiger partial charge in [-0.3, -0.25) is 9.69 Å². The van der Waals surface area contributed by atoms with Crippen molar-refractivity contribution in [3.8, 4) is 0 Å². The van der Waals surface area contributed by atoms with Gasteiger partial charge in [0.15, 0.2) is 0 Å². The molecule has 1 aromatic heterocycles. The van der Waals surface area contributed by atoms with Crippen LogP contribution < -0.4 is 5.32 Å². The summed E-state index contributed by atoms with van der Waals surface area (Å²) in [5.74, 6) is 0.210. The molecule has 0 aliphatic rings. The molecule has 0 saturated heterocycles. The first-order valence-corrected chi connectivity index (χ1v) is 6.84. The molecule has 0 spiro atoms. The summed E-state index contributed by atoms with van der Waals surface area (Å²) < 4.78 is 18.1. The van der Waals surface area contributed by atoms with Crippen molar-refractivity contribution < 1.29 is 13.6 Å². The second-order valence-corrected chi connectivity index (χ2v) is 5.17. The smallest absolute Gasteiger partial charge is 0.234 e. The summed E-state index contributed by atoms with van der Waals surface area (Å²) >= 11 is 5.96. The molecule has 0 fully saturated rings. The van der Waals surface area contributed by atoms with Crippen LogP contribution in [-0.2, 0) is 17.9 Å². The zero-order valence-electron chi connectivity index (χ0n) is 11.6. The van der Waals surface area contributed by atoms with Gasteiger partial charge in [-0.1, -0.05) is 17.7 Å². The van der Waals surface area contributed by atoms with Crippen molar-refractivity contribution in [1.82, 2.24) is 10.2 Å². The third-order valence-corrected chi connectivity index (χ3v) is 3.26. The third kappa shape index (κ3) is 4.88. The highest BCUT2D eigenvalue weighted by atomic mass is 35.5. The Morgan fingerprint density at radius 2 is 2.24 bits per heavy atom. The largest absolute Gasteiger partial charge is 0.467 e. The van der Waals surface area contributed by atoms with Crippen molar-refractivity contribution in [3.05, 3.63) is 58.8 Å². The minimum Gasteiger partial charge on any atom is -0.467 e. The summed E-state index contributed by atoms with van der Waals surface area (Å²) in [5.41, 5.74) is 0.777. The van der Waals surface area contributed by atoms with Crippen LogP contribution in [0, 0.1) is 5.82 Å². The molecule has 0 atom stereocenters. The van der Waals surface area contributed by atoms with Crippen LogP contribution in [0.2, 0.25) is 5.02 Å². The minimum absolute atomic E-state index is 0.118. The first-order valence-electron chi connectivity index (χ1n) is 6.46. The first kappa shape index (κ1) is 15.5. The maximum atomic E-state index is 13.0. The van der Waals surface area contributed by atoms with E-state index in [4.69, 9.17) is 16.0 Å². The molecule has 6 heteroatoms. The van der Waals surface area contributed by atoms with Crippen LogP contribution in [0.1, 0.15) is 11.3 Å². The predicted molar refractivity (Wildman–Crippen MR) is 78.3 cm³/mol. The maximum absolute atomic E-state index is 13.0. The van der Waals surface area contributed by atoms with Crippen LogP contribution in [0.15, 0.2) is 41.0 Å². The summed E-state index contributed by atoms with van der Waals surface area (Å²) in [6.45, 7) is 1.04. The van der Waals surface area contributed by atoms with Gasteiger partial charge in [0.1, 0.15) is 11.6 Å². The van der Waals surface area contributed by atoms with Gasteiger partial charge in [-0.25, -0.2) is 4.39 Å². The molecule has 1 aromatic carbocycles. The van der Waals surface area contributed by atoms with Gasteiger partial charge in [0.2, 0.25) is 5.91 Å². The van der Waals surface area contributed by atoms with E-state index < -0.39 is 0 Å². The molecule has 112 valence electrons. The van der Waals surface area contributed by atoms with Crippen LogP contribution in [0.3, 0.4) is 0 Å². The Bertz CT molecular complexity index is 602. The standard InChI is InChI=1S/C15H16ClFN2O2/c1-19(9-11-4-5-12(17)7-14(11)16)10-15(20)18-8-13-3-2-6-21-13/h2-7H,8-10H2,1H3,(H,18,20). The molecular weight excluding hydrogens is 295 g/mol. The Morgan fingerprint density at radius 1 is 1.43 bits per heavy atom. The molecule has 1 N–H and O–H groups in total. The van der Waals surface area contributed by atoms with E-state index in [9.17, 15) is 9.18 Å². The quantitative estimate of drug-likeness (QED) is 0.892. The number of nitrogens with one attached hydrogen (secondary N) is 1. The second-order valence-electron chi connectivity index (χ2n) is 4.76.